The second-order valence-electron chi connectivity index (χ2n) is 4.95. The van der Waals surface area contributed by atoms with Crippen LogP contribution in [0.2, 0.25) is 0 Å². The van der Waals surface area contributed by atoms with Gasteiger partial charge in [-0.25, -0.2) is 4.39 Å². The Kier molecular flexibility index (Phi) is 4.21. The number of halogens is 4. The van der Waals surface area contributed by atoms with Gasteiger partial charge in [-0.2, -0.15) is 13.2 Å². The fraction of sp³-hybridized carbons (Fsp3) is 0.188. The molecule has 0 aliphatic heterocycles. The van der Waals surface area contributed by atoms with Crippen LogP contribution >= 0.6 is 0 Å². The first kappa shape index (κ1) is 16.0. The van der Waals surface area contributed by atoms with Gasteiger partial charge in [0, 0.05) is 11.3 Å². The molecule has 22 heavy (non-hydrogen) atoms. The Balaban J connectivity index is 2.27. The number of nitrogens with one attached hydrogen (secondary N) is 1. The van der Waals surface area contributed by atoms with Crippen LogP contribution in [0, 0.1) is 19.7 Å². The molecule has 116 valence electrons. The van der Waals surface area contributed by atoms with Crippen molar-refractivity contribution in [1.29, 1.82) is 0 Å². The molecule has 0 fully saturated rings. The van der Waals surface area contributed by atoms with Crippen LogP contribution in [-0.2, 0) is 6.18 Å². The Morgan fingerprint density at radius 3 is 2.27 bits per heavy atom. The van der Waals surface area contributed by atoms with Crippen molar-refractivity contribution in [1.82, 2.24) is 0 Å². The van der Waals surface area contributed by atoms with Gasteiger partial charge >= 0.3 is 6.18 Å². The van der Waals surface area contributed by atoms with Gasteiger partial charge in [0.15, 0.2) is 0 Å². The van der Waals surface area contributed by atoms with Crippen LogP contribution < -0.4 is 5.32 Å². The number of anilines is 1. The summed E-state index contributed by atoms with van der Waals surface area (Å²) in [5.74, 6) is -1.93. The molecule has 0 spiro atoms. The Morgan fingerprint density at radius 2 is 1.68 bits per heavy atom. The Hall–Kier alpha value is -2.37. The minimum Gasteiger partial charge on any atom is -0.322 e. The largest absolute Gasteiger partial charge is 0.419 e. The maximum Gasteiger partial charge on any atom is 0.419 e. The molecule has 1 amide bonds. The molecule has 1 N–H and O–H groups in total. The summed E-state index contributed by atoms with van der Waals surface area (Å²) in [6, 6.07) is 7.30. The molecule has 0 heterocycles. The molecule has 0 bridgehead atoms. The Labute approximate surface area is 124 Å². The van der Waals surface area contributed by atoms with E-state index >= 15 is 0 Å². The van der Waals surface area contributed by atoms with Gasteiger partial charge in [-0.1, -0.05) is 6.07 Å². The number of carbonyl (C=O) groups excluding carboxylic acids is 1. The van der Waals surface area contributed by atoms with Crippen LogP contribution in [0.5, 0.6) is 0 Å². The normalized spacial score (nSPS) is 11.4. The second-order valence-corrected chi connectivity index (χ2v) is 4.95. The fourth-order valence-electron chi connectivity index (χ4n) is 1.91. The summed E-state index contributed by atoms with van der Waals surface area (Å²) < 4.78 is 51.1. The topological polar surface area (TPSA) is 29.1 Å². The molecule has 0 saturated heterocycles. The Morgan fingerprint density at radius 1 is 1.00 bits per heavy atom. The molecule has 6 heteroatoms. The van der Waals surface area contributed by atoms with Crippen molar-refractivity contribution in [3.63, 3.8) is 0 Å². The van der Waals surface area contributed by atoms with Crippen molar-refractivity contribution in [2.24, 2.45) is 0 Å². The third-order valence-electron chi connectivity index (χ3n) is 3.30. The van der Waals surface area contributed by atoms with E-state index in [1.54, 1.807) is 18.2 Å². The molecule has 2 aromatic rings. The number of alkyl halides is 3. The number of carbonyl (C=O) groups is 1. The van der Waals surface area contributed by atoms with E-state index in [1.807, 2.05) is 13.8 Å². The molecule has 2 nitrogen and oxygen atoms in total. The van der Waals surface area contributed by atoms with Crippen LogP contribution in [0.1, 0.15) is 27.0 Å². The molecule has 2 aromatic carbocycles. The molecule has 0 radical (unpaired) electrons. The second kappa shape index (κ2) is 5.79. The number of aryl methyl sites for hydroxylation is 2. The van der Waals surface area contributed by atoms with Crippen LogP contribution in [0.3, 0.4) is 0 Å². The van der Waals surface area contributed by atoms with E-state index in [4.69, 9.17) is 0 Å². The summed E-state index contributed by atoms with van der Waals surface area (Å²) in [4.78, 5) is 12.0. The highest BCUT2D eigenvalue weighted by atomic mass is 19.4. The van der Waals surface area contributed by atoms with E-state index in [-0.39, 0.29) is 5.69 Å². The minimum absolute atomic E-state index is 0.114. The average Bonchev–Trinajstić information content (AvgIpc) is 2.42. The van der Waals surface area contributed by atoms with Crippen molar-refractivity contribution in [2.75, 3.05) is 5.32 Å². The summed E-state index contributed by atoms with van der Waals surface area (Å²) in [5.41, 5.74) is 0.684. The molecule has 0 unspecified atom stereocenters. The monoisotopic (exact) mass is 311 g/mol. The smallest absolute Gasteiger partial charge is 0.322 e. The number of hydrogen-bond acceptors (Lipinski definition) is 1. The first-order valence-corrected chi connectivity index (χ1v) is 6.44. The van der Waals surface area contributed by atoms with Crippen LogP contribution in [0.15, 0.2) is 36.4 Å². The molecular weight excluding hydrogens is 298 g/mol. The zero-order chi connectivity index (χ0) is 16.5. The van der Waals surface area contributed by atoms with E-state index in [0.29, 0.717) is 17.7 Å². The standard InChI is InChI=1S/C16H13F4NO/c1-9-3-4-11(7-10(9)2)15(22)21-12-5-6-14(17)13(8-12)16(18,19)20/h3-8H,1-2H3,(H,21,22). The van der Waals surface area contributed by atoms with Gasteiger partial charge in [0.05, 0.1) is 5.56 Å². The van der Waals surface area contributed by atoms with E-state index in [9.17, 15) is 22.4 Å². The maximum atomic E-state index is 13.2. The summed E-state index contributed by atoms with van der Waals surface area (Å²) in [6.07, 6.45) is -4.81. The lowest BCUT2D eigenvalue weighted by Crippen LogP contribution is -2.14. The zero-order valence-electron chi connectivity index (χ0n) is 11.9. The Bertz CT molecular complexity index is 723. The van der Waals surface area contributed by atoms with Gasteiger partial charge in [0.2, 0.25) is 0 Å². The van der Waals surface area contributed by atoms with Gasteiger partial charge < -0.3 is 5.32 Å². The van der Waals surface area contributed by atoms with E-state index in [2.05, 4.69) is 5.32 Å². The number of amides is 1. The van der Waals surface area contributed by atoms with Crippen LogP contribution in [0.4, 0.5) is 23.2 Å². The summed E-state index contributed by atoms with van der Waals surface area (Å²) in [7, 11) is 0. The number of benzene rings is 2. The molecular formula is C16H13F4NO. The van der Waals surface area contributed by atoms with Gasteiger partial charge in [-0.15, -0.1) is 0 Å². The van der Waals surface area contributed by atoms with Crippen molar-refractivity contribution < 1.29 is 22.4 Å². The van der Waals surface area contributed by atoms with Crippen molar-refractivity contribution >= 4 is 11.6 Å². The third-order valence-corrected chi connectivity index (χ3v) is 3.30. The molecule has 0 aromatic heterocycles. The number of hydrogen-bond donors (Lipinski definition) is 1. The lowest BCUT2D eigenvalue weighted by atomic mass is 10.1. The van der Waals surface area contributed by atoms with Gasteiger partial charge in [0.1, 0.15) is 5.82 Å². The average molecular weight is 311 g/mol. The lowest BCUT2D eigenvalue weighted by molar-refractivity contribution is -0.139. The van der Waals surface area contributed by atoms with E-state index in [0.717, 1.165) is 17.2 Å². The molecule has 2 rings (SSSR count). The van der Waals surface area contributed by atoms with Gasteiger partial charge in [-0.05, 0) is 55.3 Å². The van der Waals surface area contributed by atoms with Crippen molar-refractivity contribution in [3.8, 4) is 0 Å². The van der Waals surface area contributed by atoms with E-state index < -0.39 is 23.5 Å². The van der Waals surface area contributed by atoms with Crippen LogP contribution in [0.25, 0.3) is 0 Å². The first-order valence-electron chi connectivity index (χ1n) is 6.44. The highest BCUT2D eigenvalue weighted by Crippen LogP contribution is 2.33. The lowest BCUT2D eigenvalue weighted by Gasteiger charge is -2.11. The molecule has 0 atom stereocenters. The molecule has 0 aliphatic rings. The van der Waals surface area contributed by atoms with Gasteiger partial charge in [0.25, 0.3) is 5.91 Å². The quantitative estimate of drug-likeness (QED) is 0.799. The SMILES string of the molecule is Cc1ccc(C(=O)Nc2ccc(F)c(C(F)(F)F)c2)cc1C. The third kappa shape index (κ3) is 3.44. The molecule has 0 aliphatic carbocycles. The predicted molar refractivity (Wildman–Crippen MR) is 75.3 cm³/mol. The van der Waals surface area contributed by atoms with Crippen LogP contribution in [-0.4, -0.2) is 5.91 Å². The molecule has 0 saturated carbocycles. The fourth-order valence-corrected chi connectivity index (χ4v) is 1.91. The number of rotatable bonds is 2. The van der Waals surface area contributed by atoms with Gasteiger partial charge in [-0.3, -0.25) is 4.79 Å². The minimum atomic E-state index is -4.81. The van der Waals surface area contributed by atoms with Crippen molar-refractivity contribution in [3.05, 3.63) is 64.5 Å². The highest BCUT2D eigenvalue weighted by Gasteiger charge is 2.34. The zero-order valence-corrected chi connectivity index (χ0v) is 11.9. The maximum absolute atomic E-state index is 13.2. The summed E-state index contributed by atoms with van der Waals surface area (Å²) in [5, 5.41) is 2.34. The highest BCUT2D eigenvalue weighted by molar-refractivity contribution is 6.04. The predicted octanol–water partition coefficient (Wildman–Crippen LogP) is 4.71. The van der Waals surface area contributed by atoms with Crippen molar-refractivity contribution in [2.45, 2.75) is 20.0 Å². The van der Waals surface area contributed by atoms with E-state index in [1.165, 1.54) is 0 Å². The first-order chi connectivity index (χ1) is 10.2. The summed E-state index contributed by atoms with van der Waals surface area (Å²) >= 11 is 0. The summed E-state index contributed by atoms with van der Waals surface area (Å²) in [6.45, 7) is 3.71.